The van der Waals surface area contributed by atoms with Gasteiger partial charge in [-0.15, -0.1) is 11.3 Å². The Bertz CT molecular complexity index is 1350. The fourth-order valence-corrected chi connectivity index (χ4v) is 4.56. The highest BCUT2D eigenvalue weighted by Crippen LogP contribution is 2.42. The van der Waals surface area contributed by atoms with Crippen molar-refractivity contribution in [2.45, 2.75) is 13.0 Å². The van der Waals surface area contributed by atoms with E-state index >= 15 is 0 Å². The zero-order valence-corrected chi connectivity index (χ0v) is 17.6. The Morgan fingerprint density at radius 1 is 1.20 bits per heavy atom. The number of amides is 1. The summed E-state index contributed by atoms with van der Waals surface area (Å²) in [4.78, 5) is 32.7. The third-order valence-corrected chi connectivity index (χ3v) is 6.39. The van der Waals surface area contributed by atoms with Gasteiger partial charge in [-0.3, -0.25) is 14.5 Å². The van der Waals surface area contributed by atoms with Crippen LogP contribution in [0.1, 0.15) is 33.3 Å². The summed E-state index contributed by atoms with van der Waals surface area (Å²) in [7, 11) is 1.58. The molecule has 4 aromatic rings. The summed E-state index contributed by atoms with van der Waals surface area (Å²) in [5, 5.41) is 3.09. The summed E-state index contributed by atoms with van der Waals surface area (Å²) in [5.74, 6) is 0.314. The molecule has 6 nitrogen and oxygen atoms in total. The number of thiazole rings is 1. The number of carbonyl (C=O) groups excluding carboxylic acids is 1. The Kier molecular flexibility index (Phi) is 4.38. The van der Waals surface area contributed by atoms with Gasteiger partial charge in [0.25, 0.3) is 5.91 Å². The van der Waals surface area contributed by atoms with Crippen LogP contribution in [0.15, 0.2) is 57.2 Å². The fraction of sp³-hybridized carbons (Fsp3) is 0.136. The molecule has 2 aromatic heterocycles. The van der Waals surface area contributed by atoms with Gasteiger partial charge in [0.15, 0.2) is 10.6 Å². The van der Waals surface area contributed by atoms with E-state index in [1.807, 2.05) is 19.1 Å². The summed E-state index contributed by atoms with van der Waals surface area (Å²) in [6.45, 7) is 1.82. The molecule has 0 bridgehead atoms. The largest absolute Gasteiger partial charge is 0.497 e. The van der Waals surface area contributed by atoms with Gasteiger partial charge >= 0.3 is 0 Å². The number of aromatic nitrogens is 1. The number of nitrogens with zero attached hydrogens (tertiary/aromatic N) is 2. The number of anilines is 1. The molecular formula is C22H15ClN2O4S. The molecule has 0 saturated carbocycles. The minimum Gasteiger partial charge on any atom is -0.497 e. The minimum atomic E-state index is -0.662. The number of benzene rings is 2. The summed E-state index contributed by atoms with van der Waals surface area (Å²) in [6.07, 6.45) is 1.62. The maximum atomic E-state index is 13.5. The highest BCUT2D eigenvalue weighted by atomic mass is 35.5. The van der Waals surface area contributed by atoms with Crippen LogP contribution in [-0.2, 0) is 0 Å². The van der Waals surface area contributed by atoms with E-state index < -0.39 is 11.9 Å². The van der Waals surface area contributed by atoms with E-state index in [-0.39, 0.29) is 16.8 Å². The average molecular weight is 439 g/mol. The highest BCUT2D eigenvalue weighted by Gasteiger charge is 2.44. The van der Waals surface area contributed by atoms with Crippen molar-refractivity contribution in [1.29, 1.82) is 0 Å². The summed E-state index contributed by atoms with van der Waals surface area (Å²) >= 11 is 7.58. The van der Waals surface area contributed by atoms with Crippen molar-refractivity contribution in [2.24, 2.45) is 0 Å². The number of fused-ring (bicyclic) bond motifs is 2. The number of methoxy groups -OCH3 is 1. The number of hydrogen-bond donors (Lipinski definition) is 0. The van der Waals surface area contributed by atoms with E-state index in [1.54, 1.807) is 43.0 Å². The second-order valence-electron chi connectivity index (χ2n) is 6.94. The number of hydrogen-bond acceptors (Lipinski definition) is 6. The van der Waals surface area contributed by atoms with E-state index in [2.05, 4.69) is 4.98 Å². The SMILES string of the molecule is COc1ccc([C@@H]2c3c(oc4cc(C)c(Cl)cc4c3=O)C(=O)N2c2nccs2)cc1. The first kappa shape index (κ1) is 18.8. The lowest BCUT2D eigenvalue weighted by atomic mass is 9.98. The van der Waals surface area contributed by atoms with Gasteiger partial charge in [0.05, 0.1) is 24.1 Å². The first-order chi connectivity index (χ1) is 14.5. The summed E-state index contributed by atoms with van der Waals surface area (Å²) in [5.41, 5.74) is 1.86. The van der Waals surface area contributed by atoms with Crippen LogP contribution >= 0.6 is 22.9 Å². The second kappa shape index (κ2) is 6.97. The number of halogens is 1. The number of ether oxygens (including phenoxy) is 1. The molecule has 0 fully saturated rings. The van der Waals surface area contributed by atoms with Crippen LogP contribution in [0.4, 0.5) is 5.13 Å². The van der Waals surface area contributed by atoms with Gasteiger partial charge in [-0.05, 0) is 42.3 Å². The Morgan fingerprint density at radius 2 is 1.97 bits per heavy atom. The van der Waals surface area contributed by atoms with E-state index in [1.165, 1.54) is 16.2 Å². The summed E-state index contributed by atoms with van der Waals surface area (Å²) < 4.78 is 11.2. The first-order valence-corrected chi connectivity index (χ1v) is 10.4. The third-order valence-electron chi connectivity index (χ3n) is 5.21. The van der Waals surface area contributed by atoms with Crippen molar-refractivity contribution < 1.29 is 13.9 Å². The van der Waals surface area contributed by atoms with E-state index in [9.17, 15) is 9.59 Å². The lowest BCUT2D eigenvalue weighted by Crippen LogP contribution is -2.29. The maximum absolute atomic E-state index is 13.5. The number of rotatable bonds is 3. The quantitative estimate of drug-likeness (QED) is 0.451. The zero-order valence-electron chi connectivity index (χ0n) is 16.0. The van der Waals surface area contributed by atoms with E-state index in [4.69, 9.17) is 20.8 Å². The molecule has 8 heteroatoms. The van der Waals surface area contributed by atoms with Gasteiger partial charge in [0.2, 0.25) is 5.76 Å². The first-order valence-electron chi connectivity index (χ1n) is 9.13. The molecule has 1 amide bonds. The molecule has 0 N–H and O–H groups in total. The predicted molar refractivity (Wildman–Crippen MR) is 116 cm³/mol. The Hall–Kier alpha value is -3.16. The number of aryl methyl sites for hydroxylation is 1. The van der Waals surface area contributed by atoms with Crippen molar-refractivity contribution in [3.05, 3.63) is 85.7 Å². The van der Waals surface area contributed by atoms with Crippen LogP contribution in [0.5, 0.6) is 5.75 Å². The summed E-state index contributed by atoms with van der Waals surface area (Å²) in [6, 6.07) is 9.86. The minimum absolute atomic E-state index is 0.0326. The molecule has 0 unspecified atom stereocenters. The van der Waals surface area contributed by atoms with Crippen molar-refractivity contribution in [2.75, 3.05) is 12.0 Å². The van der Waals surface area contributed by atoms with Crippen molar-refractivity contribution in [1.82, 2.24) is 4.98 Å². The van der Waals surface area contributed by atoms with Crippen molar-refractivity contribution in [3.8, 4) is 5.75 Å². The molecular weight excluding hydrogens is 424 g/mol. The van der Waals surface area contributed by atoms with Crippen LogP contribution in [0.3, 0.4) is 0 Å². The standard InChI is InChI=1S/C22H15ClN2O4S/c1-11-9-16-14(10-15(11)23)19(26)17-18(12-3-5-13(28-2)6-4-12)25(21(27)20(17)29-16)22-24-7-8-30-22/h3-10,18H,1-2H3/t18-/m1/s1. The maximum Gasteiger partial charge on any atom is 0.297 e. The van der Waals surface area contributed by atoms with E-state index in [0.29, 0.717) is 26.9 Å². The van der Waals surface area contributed by atoms with Gasteiger partial charge in [-0.2, -0.15) is 0 Å². The topological polar surface area (TPSA) is 72.6 Å². The normalized spacial score (nSPS) is 15.6. The van der Waals surface area contributed by atoms with E-state index in [0.717, 1.165) is 11.1 Å². The van der Waals surface area contributed by atoms with Crippen LogP contribution in [-0.4, -0.2) is 18.0 Å². The Balaban J connectivity index is 1.81. The van der Waals surface area contributed by atoms with Crippen LogP contribution in [0, 0.1) is 6.92 Å². The average Bonchev–Trinajstić information content (AvgIpc) is 3.37. The molecule has 30 heavy (non-hydrogen) atoms. The molecule has 2 aromatic carbocycles. The lowest BCUT2D eigenvalue weighted by Gasteiger charge is -2.22. The zero-order chi connectivity index (χ0) is 21.0. The van der Waals surface area contributed by atoms with Crippen LogP contribution in [0.2, 0.25) is 5.02 Å². The monoisotopic (exact) mass is 438 g/mol. The molecule has 0 saturated heterocycles. The molecule has 0 spiro atoms. The smallest absolute Gasteiger partial charge is 0.297 e. The molecule has 150 valence electrons. The Labute approximate surface area is 180 Å². The van der Waals surface area contributed by atoms with Gasteiger partial charge in [0.1, 0.15) is 11.3 Å². The van der Waals surface area contributed by atoms with Crippen LogP contribution in [0.25, 0.3) is 11.0 Å². The molecule has 3 heterocycles. The molecule has 0 radical (unpaired) electrons. The second-order valence-corrected chi connectivity index (χ2v) is 8.22. The van der Waals surface area contributed by atoms with Gasteiger partial charge in [-0.1, -0.05) is 23.7 Å². The molecule has 1 aliphatic rings. The van der Waals surface area contributed by atoms with Crippen molar-refractivity contribution in [3.63, 3.8) is 0 Å². The van der Waals surface area contributed by atoms with Crippen LogP contribution < -0.4 is 15.1 Å². The molecule has 5 rings (SSSR count). The Morgan fingerprint density at radius 3 is 2.63 bits per heavy atom. The van der Waals surface area contributed by atoms with Gasteiger partial charge in [-0.25, -0.2) is 4.98 Å². The molecule has 1 aliphatic heterocycles. The third kappa shape index (κ3) is 2.74. The molecule has 0 aliphatic carbocycles. The predicted octanol–water partition coefficient (Wildman–Crippen LogP) is 4.97. The highest BCUT2D eigenvalue weighted by molar-refractivity contribution is 7.13. The van der Waals surface area contributed by atoms with Gasteiger partial charge in [0, 0.05) is 16.6 Å². The fourth-order valence-electron chi connectivity index (χ4n) is 3.73. The lowest BCUT2D eigenvalue weighted by molar-refractivity contribution is 0.0971. The van der Waals surface area contributed by atoms with Gasteiger partial charge < -0.3 is 9.15 Å². The van der Waals surface area contributed by atoms with Crippen molar-refractivity contribution >= 4 is 44.9 Å². The molecule has 1 atom stereocenters. The number of carbonyl (C=O) groups is 1.